The molecule has 0 unspecified atom stereocenters. The Bertz CT molecular complexity index is 721. The lowest BCUT2D eigenvalue weighted by Gasteiger charge is -2.25. The molecule has 1 aliphatic heterocycles. The Hall–Kier alpha value is -1.91. The molecular formula is C21H25FN2O. The van der Waals surface area contributed by atoms with Gasteiger partial charge < -0.3 is 15.4 Å². The fourth-order valence-corrected chi connectivity index (χ4v) is 4.55. The number of benzene rings is 2. The van der Waals surface area contributed by atoms with Crippen molar-refractivity contribution in [1.29, 1.82) is 0 Å². The second kappa shape index (κ2) is 7.14. The van der Waals surface area contributed by atoms with Crippen molar-refractivity contribution in [3.8, 4) is 5.75 Å². The molecule has 1 heterocycles. The van der Waals surface area contributed by atoms with Crippen LogP contribution in [0.3, 0.4) is 0 Å². The van der Waals surface area contributed by atoms with Crippen molar-refractivity contribution in [2.75, 3.05) is 7.11 Å². The lowest BCUT2D eigenvalue weighted by Crippen LogP contribution is -2.37. The molecule has 0 bridgehead atoms. The molecule has 25 heavy (non-hydrogen) atoms. The first-order valence-corrected chi connectivity index (χ1v) is 9.13. The molecule has 2 fully saturated rings. The Labute approximate surface area is 148 Å². The second-order valence-corrected chi connectivity index (χ2v) is 7.12. The Morgan fingerprint density at radius 2 is 2.00 bits per heavy atom. The summed E-state index contributed by atoms with van der Waals surface area (Å²) >= 11 is 0. The lowest BCUT2D eigenvalue weighted by molar-refractivity contribution is 0.364. The SMILES string of the molecule is COc1ccc(F)cc1CN[C@@H]1[C@H]2CCC[C@H]2N[C@@H]1c1ccccc1. The summed E-state index contributed by atoms with van der Waals surface area (Å²) < 4.78 is 19.0. The Morgan fingerprint density at radius 3 is 2.80 bits per heavy atom. The van der Waals surface area contributed by atoms with Crippen LogP contribution < -0.4 is 15.4 Å². The first-order chi connectivity index (χ1) is 12.3. The molecule has 3 nitrogen and oxygen atoms in total. The topological polar surface area (TPSA) is 33.3 Å². The minimum atomic E-state index is -0.222. The minimum Gasteiger partial charge on any atom is -0.496 e. The summed E-state index contributed by atoms with van der Waals surface area (Å²) in [6.45, 7) is 0.611. The van der Waals surface area contributed by atoms with E-state index in [0.717, 1.165) is 11.3 Å². The summed E-state index contributed by atoms with van der Waals surface area (Å²) in [5.74, 6) is 1.14. The van der Waals surface area contributed by atoms with E-state index in [9.17, 15) is 4.39 Å². The third-order valence-electron chi connectivity index (χ3n) is 5.71. The molecule has 4 atom stereocenters. The molecule has 0 radical (unpaired) electrons. The average Bonchev–Trinajstić information content (AvgIpc) is 3.22. The highest BCUT2D eigenvalue weighted by atomic mass is 19.1. The van der Waals surface area contributed by atoms with E-state index in [4.69, 9.17) is 4.74 Å². The molecular weight excluding hydrogens is 315 g/mol. The van der Waals surface area contributed by atoms with Crippen LogP contribution in [0.5, 0.6) is 5.75 Å². The lowest BCUT2D eigenvalue weighted by atomic mass is 9.91. The van der Waals surface area contributed by atoms with Gasteiger partial charge in [-0.15, -0.1) is 0 Å². The Balaban J connectivity index is 1.55. The predicted molar refractivity (Wildman–Crippen MR) is 97.0 cm³/mol. The summed E-state index contributed by atoms with van der Waals surface area (Å²) in [6, 6.07) is 16.6. The van der Waals surface area contributed by atoms with Gasteiger partial charge in [0.05, 0.1) is 7.11 Å². The van der Waals surface area contributed by atoms with Crippen molar-refractivity contribution in [2.45, 2.75) is 43.9 Å². The summed E-state index contributed by atoms with van der Waals surface area (Å²) in [4.78, 5) is 0. The summed E-state index contributed by atoms with van der Waals surface area (Å²) in [7, 11) is 1.63. The molecule has 0 amide bonds. The maximum atomic E-state index is 13.6. The van der Waals surface area contributed by atoms with Gasteiger partial charge in [0.15, 0.2) is 0 Å². The van der Waals surface area contributed by atoms with Crippen LogP contribution in [0.1, 0.15) is 36.4 Å². The van der Waals surface area contributed by atoms with Gasteiger partial charge in [-0.25, -0.2) is 4.39 Å². The summed E-state index contributed by atoms with van der Waals surface area (Å²) in [5.41, 5.74) is 2.19. The van der Waals surface area contributed by atoms with E-state index in [2.05, 4.69) is 41.0 Å². The molecule has 1 saturated carbocycles. The first-order valence-electron chi connectivity index (χ1n) is 9.13. The summed E-state index contributed by atoms with van der Waals surface area (Å²) in [5, 5.41) is 7.54. The quantitative estimate of drug-likeness (QED) is 0.868. The highest BCUT2D eigenvalue weighted by Crippen LogP contribution is 2.41. The van der Waals surface area contributed by atoms with E-state index in [0.29, 0.717) is 30.6 Å². The van der Waals surface area contributed by atoms with E-state index >= 15 is 0 Å². The van der Waals surface area contributed by atoms with E-state index < -0.39 is 0 Å². The third-order valence-corrected chi connectivity index (χ3v) is 5.71. The van der Waals surface area contributed by atoms with Crippen LogP contribution in [0.4, 0.5) is 4.39 Å². The second-order valence-electron chi connectivity index (χ2n) is 7.12. The number of hydrogen-bond donors (Lipinski definition) is 2. The molecule has 4 heteroatoms. The van der Waals surface area contributed by atoms with Gasteiger partial charge in [0.2, 0.25) is 0 Å². The predicted octanol–water partition coefficient (Wildman–Crippen LogP) is 3.81. The number of ether oxygens (including phenoxy) is 1. The van der Waals surface area contributed by atoms with Crippen molar-refractivity contribution < 1.29 is 9.13 Å². The molecule has 2 aromatic rings. The molecule has 2 N–H and O–H groups in total. The minimum absolute atomic E-state index is 0.222. The first kappa shape index (κ1) is 16.6. The zero-order valence-corrected chi connectivity index (χ0v) is 14.5. The molecule has 4 rings (SSSR count). The van der Waals surface area contributed by atoms with Gasteiger partial charge in [0.1, 0.15) is 11.6 Å². The number of rotatable bonds is 5. The van der Waals surface area contributed by atoms with Crippen LogP contribution in [0.15, 0.2) is 48.5 Å². The highest BCUT2D eigenvalue weighted by molar-refractivity contribution is 5.34. The van der Waals surface area contributed by atoms with Crippen molar-refractivity contribution in [3.05, 3.63) is 65.5 Å². The van der Waals surface area contributed by atoms with Gasteiger partial charge in [-0.1, -0.05) is 36.8 Å². The fraction of sp³-hybridized carbons (Fsp3) is 0.429. The van der Waals surface area contributed by atoms with E-state index in [1.165, 1.54) is 30.9 Å². The van der Waals surface area contributed by atoms with Crippen LogP contribution in [-0.4, -0.2) is 19.2 Å². The molecule has 1 aliphatic carbocycles. The standard InChI is InChI=1S/C21H25FN2O/c1-25-19-11-10-16(22)12-15(19)13-23-21-17-8-5-9-18(17)24-20(21)14-6-3-2-4-7-14/h2-4,6-7,10-12,17-18,20-21,23-24H,5,8-9,13H2,1H3/t17-,18+,20+,21+/m0/s1. The molecule has 0 aromatic heterocycles. The zero-order valence-electron chi connectivity index (χ0n) is 14.5. The number of nitrogens with one attached hydrogen (secondary N) is 2. The molecule has 0 spiro atoms. The van der Waals surface area contributed by atoms with Gasteiger partial charge in [0.25, 0.3) is 0 Å². The normalized spacial score (nSPS) is 28.1. The fourth-order valence-electron chi connectivity index (χ4n) is 4.55. The van der Waals surface area contributed by atoms with Gasteiger partial charge in [-0.05, 0) is 42.5 Å². The van der Waals surface area contributed by atoms with Crippen molar-refractivity contribution in [2.24, 2.45) is 5.92 Å². The van der Waals surface area contributed by atoms with Gasteiger partial charge in [-0.3, -0.25) is 0 Å². The van der Waals surface area contributed by atoms with Crippen LogP contribution >= 0.6 is 0 Å². The zero-order chi connectivity index (χ0) is 17.2. The van der Waals surface area contributed by atoms with Gasteiger partial charge in [-0.2, -0.15) is 0 Å². The molecule has 2 aliphatic rings. The number of methoxy groups -OCH3 is 1. The Kier molecular flexibility index (Phi) is 4.73. The van der Waals surface area contributed by atoms with Crippen molar-refractivity contribution in [3.63, 3.8) is 0 Å². The average molecular weight is 340 g/mol. The maximum absolute atomic E-state index is 13.6. The van der Waals surface area contributed by atoms with Crippen LogP contribution in [-0.2, 0) is 6.54 Å². The van der Waals surface area contributed by atoms with E-state index in [1.54, 1.807) is 19.2 Å². The highest BCUT2D eigenvalue weighted by Gasteiger charge is 2.45. The monoisotopic (exact) mass is 340 g/mol. The summed E-state index contributed by atoms with van der Waals surface area (Å²) in [6.07, 6.45) is 3.78. The van der Waals surface area contributed by atoms with Crippen molar-refractivity contribution >= 4 is 0 Å². The molecule has 2 aromatic carbocycles. The maximum Gasteiger partial charge on any atom is 0.123 e. The molecule has 132 valence electrons. The number of hydrogen-bond acceptors (Lipinski definition) is 3. The van der Waals surface area contributed by atoms with Crippen molar-refractivity contribution in [1.82, 2.24) is 10.6 Å². The van der Waals surface area contributed by atoms with Gasteiger partial charge >= 0.3 is 0 Å². The van der Waals surface area contributed by atoms with E-state index in [-0.39, 0.29) is 5.82 Å². The van der Waals surface area contributed by atoms with Crippen LogP contribution in [0.25, 0.3) is 0 Å². The van der Waals surface area contributed by atoms with Gasteiger partial charge in [0, 0.05) is 30.2 Å². The van der Waals surface area contributed by atoms with Crippen LogP contribution in [0, 0.1) is 11.7 Å². The Morgan fingerprint density at radius 1 is 1.16 bits per heavy atom. The number of halogens is 1. The molecule has 1 saturated heterocycles. The van der Waals surface area contributed by atoms with Crippen LogP contribution in [0.2, 0.25) is 0 Å². The number of fused-ring (bicyclic) bond motifs is 1. The third kappa shape index (κ3) is 3.29. The smallest absolute Gasteiger partial charge is 0.123 e. The largest absolute Gasteiger partial charge is 0.496 e. The van der Waals surface area contributed by atoms with E-state index in [1.807, 2.05) is 0 Å².